The van der Waals surface area contributed by atoms with E-state index in [0.29, 0.717) is 29.4 Å². The molecule has 2 heterocycles. The van der Waals surface area contributed by atoms with E-state index in [1.165, 1.54) is 6.07 Å². The van der Waals surface area contributed by atoms with Crippen LogP contribution in [0.1, 0.15) is 36.6 Å². The van der Waals surface area contributed by atoms with Crippen LogP contribution < -0.4 is 15.6 Å². The Kier molecular flexibility index (Phi) is 6.64. The number of nitrogens with one attached hydrogen (secondary N) is 2. The van der Waals surface area contributed by atoms with Crippen LogP contribution in [0.15, 0.2) is 65.5 Å². The normalized spacial score (nSPS) is 10.7. The first kappa shape index (κ1) is 22.7. The fourth-order valence-electron chi connectivity index (χ4n) is 3.58. The van der Waals surface area contributed by atoms with Crippen molar-refractivity contribution in [1.29, 1.82) is 5.26 Å². The first-order valence-corrected chi connectivity index (χ1v) is 10.8. The number of H-pyrrole nitrogens is 1. The molecular formula is C26H24N6O2. The number of benzene rings is 2. The molecule has 0 atom stereocenters. The zero-order chi connectivity index (χ0) is 24.1. The number of hydrogen-bond acceptors (Lipinski definition) is 7. The van der Waals surface area contributed by atoms with Crippen LogP contribution in [0.2, 0.25) is 0 Å². The number of ether oxygens (including phenoxy) is 1. The highest BCUT2D eigenvalue weighted by molar-refractivity contribution is 5.79. The number of hydrogen-bond donors (Lipinski definition) is 2. The predicted octanol–water partition coefficient (Wildman–Crippen LogP) is 4.51. The van der Waals surface area contributed by atoms with Crippen LogP contribution in [0, 0.1) is 11.3 Å². The zero-order valence-electron chi connectivity index (χ0n) is 19.2. The Balaban J connectivity index is 1.84. The van der Waals surface area contributed by atoms with Crippen molar-refractivity contribution in [2.24, 2.45) is 0 Å². The number of methoxy groups -OCH3 is 1. The molecule has 0 bridgehead atoms. The van der Waals surface area contributed by atoms with Gasteiger partial charge in [-0.25, -0.2) is 15.1 Å². The highest BCUT2D eigenvalue weighted by atomic mass is 16.5. The molecule has 0 aliphatic carbocycles. The molecule has 0 amide bonds. The number of nitrogens with zero attached hydrogens (tertiary/aromatic N) is 4. The lowest BCUT2D eigenvalue weighted by atomic mass is 9.98. The van der Waals surface area contributed by atoms with Crippen LogP contribution in [0.4, 0.5) is 5.82 Å². The third kappa shape index (κ3) is 4.79. The van der Waals surface area contributed by atoms with Crippen molar-refractivity contribution in [3.8, 4) is 34.5 Å². The summed E-state index contributed by atoms with van der Waals surface area (Å²) in [4.78, 5) is 21.5. The van der Waals surface area contributed by atoms with Gasteiger partial charge in [-0.1, -0.05) is 56.3 Å². The second kappa shape index (κ2) is 9.96. The molecule has 8 nitrogen and oxygen atoms in total. The largest absolute Gasteiger partial charge is 0.497 e. The highest BCUT2D eigenvalue weighted by Crippen LogP contribution is 2.33. The minimum Gasteiger partial charge on any atom is -0.497 e. The van der Waals surface area contributed by atoms with Gasteiger partial charge in [0.25, 0.3) is 5.56 Å². The SMILES string of the molecule is COc1ccc(CNc2nc(-c3n[nH]c(=O)cc3C(C)C)c(-c3ccccc3)nc2C#N)cc1. The van der Waals surface area contributed by atoms with Crippen molar-refractivity contribution in [2.75, 3.05) is 12.4 Å². The molecule has 2 N–H and O–H groups in total. The lowest BCUT2D eigenvalue weighted by Crippen LogP contribution is -2.14. The summed E-state index contributed by atoms with van der Waals surface area (Å²) in [6.45, 7) is 4.41. The van der Waals surface area contributed by atoms with Crippen LogP contribution in [-0.4, -0.2) is 27.3 Å². The summed E-state index contributed by atoms with van der Waals surface area (Å²) in [7, 11) is 1.62. The zero-order valence-corrected chi connectivity index (χ0v) is 19.2. The molecule has 0 spiro atoms. The Morgan fingerprint density at radius 3 is 2.41 bits per heavy atom. The summed E-state index contributed by atoms with van der Waals surface area (Å²) in [6, 6.07) is 20.8. The van der Waals surface area contributed by atoms with E-state index < -0.39 is 0 Å². The van der Waals surface area contributed by atoms with Gasteiger partial charge in [0.15, 0.2) is 11.5 Å². The molecule has 0 aliphatic heterocycles. The Hall–Kier alpha value is -4.51. The molecular weight excluding hydrogens is 428 g/mol. The lowest BCUT2D eigenvalue weighted by Gasteiger charge is -2.16. The summed E-state index contributed by atoms with van der Waals surface area (Å²) in [5.41, 5.74) is 3.96. The molecule has 34 heavy (non-hydrogen) atoms. The average molecular weight is 453 g/mol. The smallest absolute Gasteiger partial charge is 0.264 e. The summed E-state index contributed by atoms with van der Waals surface area (Å²) in [6.07, 6.45) is 0. The van der Waals surface area contributed by atoms with Crippen LogP contribution in [0.5, 0.6) is 5.75 Å². The number of aromatic amines is 1. The number of anilines is 1. The van der Waals surface area contributed by atoms with Gasteiger partial charge in [0, 0.05) is 18.2 Å². The van der Waals surface area contributed by atoms with Gasteiger partial charge < -0.3 is 10.1 Å². The van der Waals surface area contributed by atoms with Crippen LogP contribution in [-0.2, 0) is 6.54 Å². The van der Waals surface area contributed by atoms with Crippen molar-refractivity contribution >= 4 is 5.82 Å². The fourth-order valence-corrected chi connectivity index (χ4v) is 3.58. The van der Waals surface area contributed by atoms with Gasteiger partial charge in [0.05, 0.1) is 12.8 Å². The topological polar surface area (TPSA) is 117 Å². The third-order valence-corrected chi connectivity index (χ3v) is 5.35. The molecule has 8 heteroatoms. The second-order valence-corrected chi connectivity index (χ2v) is 7.99. The molecule has 0 saturated carbocycles. The van der Waals surface area contributed by atoms with Crippen molar-refractivity contribution in [1.82, 2.24) is 20.2 Å². The van der Waals surface area contributed by atoms with Gasteiger partial charge in [-0.05, 0) is 29.2 Å². The molecule has 4 rings (SSSR count). The molecule has 0 unspecified atom stereocenters. The molecule has 0 fully saturated rings. The molecule has 0 aliphatic rings. The Labute approximate surface area is 197 Å². The molecule has 2 aromatic carbocycles. The van der Waals surface area contributed by atoms with E-state index >= 15 is 0 Å². The average Bonchev–Trinajstić information content (AvgIpc) is 2.87. The predicted molar refractivity (Wildman–Crippen MR) is 130 cm³/mol. The molecule has 2 aromatic heterocycles. The molecule has 0 radical (unpaired) electrons. The van der Waals surface area contributed by atoms with E-state index in [4.69, 9.17) is 9.72 Å². The summed E-state index contributed by atoms with van der Waals surface area (Å²) < 4.78 is 5.21. The highest BCUT2D eigenvalue weighted by Gasteiger charge is 2.21. The minimum absolute atomic E-state index is 0.0292. The van der Waals surface area contributed by atoms with E-state index in [1.54, 1.807) is 7.11 Å². The number of nitriles is 1. The summed E-state index contributed by atoms with van der Waals surface area (Å²) in [5.74, 6) is 1.14. The van der Waals surface area contributed by atoms with Gasteiger partial charge in [-0.15, -0.1) is 0 Å². The summed E-state index contributed by atoms with van der Waals surface area (Å²) in [5, 5.41) is 19.9. The van der Waals surface area contributed by atoms with E-state index in [2.05, 4.69) is 26.6 Å². The third-order valence-electron chi connectivity index (χ3n) is 5.35. The monoisotopic (exact) mass is 452 g/mol. The minimum atomic E-state index is -0.284. The van der Waals surface area contributed by atoms with Crippen LogP contribution in [0.3, 0.4) is 0 Å². The van der Waals surface area contributed by atoms with Crippen molar-refractivity contribution in [3.05, 3.63) is 87.8 Å². The quantitative estimate of drug-likeness (QED) is 0.424. The second-order valence-electron chi connectivity index (χ2n) is 7.99. The van der Waals surface area contributed by atoms with Crippen molar-refractivity contribution < 1.29 is 4.74 Å². The fraction of sp³-hybridized carbons (Fsp3) is 0.192. The number of aromatic nitrogens is 4. The van der Waals surface area contributed by atoms with Gasteiger partial charge in [-0.2, -0.15) is 10.4 Å². The first-order chi connectivity index (χ1) is 16.5. The van der Waals surface area contributed by atoms with Crippen molar-refractivity contribution in [2.45, 2.75) is 26.3 Å². The molecule has 0 saturated heterocycles. The van der Waals surface area contributed by atoms with Gasteiger partial charge in [0.2, 0.25) is 0 Å². The first-order valence-electron chi connectivity index (χ1n) is 10.8. The maximum atomic E-state index is 12.0. The van der Waals surface area contributed by atoms with Crippen molar-refractivity contribution in [3.63, 3.8) is 0 Å². The Morgan fingerprint density at radius 1 is 1.03 bits per heavy atom. The maximum absolute atomic E-state index is 12.0. The van der Waals surface area contributed by atoms with E-state index in [0.717, 1.165) is 22.4 Å². The van der Waals surface area contributed by atoms with E-state index in [-0.39, 0.29) is 17.2 Å². The Bertz CT molecular complexity index is 1390. The van der Waals surface area contributed by atoms with E-state index in [1.807, 2.05) is 68.4 Å². The lowest BCUT2D eigenvalue weighted by molar-refractivity contribution is 0.414. The van der Waals surface area contributed by atoms with Gasteiger partial charge in [0.1, 0.15) is 23.2 Å². The maximum Gasteiger partial charge on any atom is 0.264 e. The number of rotatable bonds is 7. The van der Waals surface area contributed by atoms with Crippen LogP contribution >= 0.6 is 0 Å². The molecule has 4 aromatic rings. The van der Waals surface area contributed by atoms with Gasteiger partial charge >= 0.3 is 0 Å². The summed E-state index contributed by atoms with van der Waals surface area (Å²) >= 11 is 0. The molecule has 170 valence electrons. The van der Waals surface area contributed by atoms with Gasteiger partial charge in [-0.3, -0.25) is 4.79 Å². The standard InChI is InChI=1S/C26H24N6O2/c1-16(2)20-13-22(33)31-32-24(20)25-23(18-7-5-4-6-8-18)29-21(14-27)26(30-25)28-15-17-9-11-19(34-3)12-10-17/h4-13,16H,15H2,1-3H3,(H,28,30)(H,31,33). The van der Waals surface area contributed by atoms with E-state index in [9.17, 15) is 10.1 Å². The Morgan fingerprint density at radius 2 is 1.76 bits per heavy atom. The van der Waals surface area contributed by atoms with Crippen LogP contribution in [0.25, 0.3) is 22.6 Å².